The molecule has 1 saturated heterocycles. The number of nitrogens with two attached hydrogens (primary N) is 1. The van der Waals surface area contributed by atoms with E-state index in [1.54, 1.807) is 11.0 Å². The zero-order valence-electron chi connectivity index (χ0n) is 10.8. The average Bonchev–Trinajstić information content (AvgIpc) is 2.85. The zero-order chi connectivity index (χ0) is 14.0. The Morgan fingerprint density at radius 2 is 2.32 bits per heavy atom. The number of carbonyl (C=O) groups is 1. The van der Waals surface area contributed by atoms with Gasteiger partial charge in [-0.15, -0.1) is 0 Å². The van der Waals surface area contributed by atoms with Gasteiger partial charge in [-0.05, 0) is 24.5 Å². The first-order valence-corrected chi connectivity index (χ1v) is 6.36. The lowest BCUT2D eigenvalue weighted by Gasteiger charge is -2.16. The highest BCUT2D eigenvalue weighted by molar-refractivity contribution is 6.00. The summed E-state index contributed by atoms with van der Waals surface area (Å²) in [6, 6.07) is 4.48. The maximum absolute atomic E-state index is 12.4. The zero-order valence-corrected chi connectivity index (χ0v) is 10.8. The van der Waals surface area contributed by atoms with Crippen molar-refractivity contribution in [2.75, 3.05) is 18.8 Å². The Kier molecular flexibility index (Phi) is 3.69. The van der Waals surface area contributed by atoms with Crippen LogP contribution in [-0.4, -0.2) is 28.8 Å². The monoisotopic (exact) mass is 263 g/mol. The number of hydrogen-bond acceptors (Lipinski definition) is 4. The minimum Gasteiger partial charge on any atom is -0.393 e. The molecule has 0 spiro atoms. The third kappa shape index (κ3) is 2.52. The maximum Gasteiger partial charge on any atom is 0.304 e. The summed E-state index contributed by atoms with van der Waals surface area (Å²) >= 11 is 0. The standard InChI is InChI=1S/C13H17N3O3/c1-2-9-6-7-15(8-9)13(17)10-4-3-5-11(14)12(10)16(18)19/h3-5,9H,2,6-8,14H2,1H3. The van der Waals surface area contributed by atoms with Crippen molar-refractivity contribution in [2.45, 2.75) is 19.8 Å². The number of rotatable bonds is 3. The van der Waals surface area contributed by atoms with Crippen LogP contribution in [0.2, 0.25) is 0 Å². The molecular weight excluding hydrogens is 246 g/mol. The summed E-state index contributed by atoms with van der Waals surface area (Å²) in [5, 5.41) is 11.0. The molecule has 0 bridgehead atoms. The second-order valence-electron chi connectivity index (χ2n) is 4.81. The fraction of sp³-hybridized carbons (Fsp3) is 0.462. The van der Waals surface area contributed by atoms with Crippen LogP contribution in [0.25, 0.3) is 0 Å². The lowest BCUT2D eigenvalue weighted by Crippen LogP contribution is -2.29. The average molecular weight is 263 g/mol. The molecule has 0 aliphatic carbocycles. The van der Waals surface area contributed by atoms with Crippen LogP contribution >= 0.6 is 0 Å². The van der Waals surface area contributed by atoms with E-state index in [4.69, 9.17) is 5.73 Å². The molecule has 6 nitrogen and oxygen atoms in total. The summed E-state index contributed by atoms with van der Waals surface area (Å²) in [4.78, 5) is 24.5. The summed E-state index contributed by atoms with van der Waals surface area (Å²) in [5.41, 5.74) is 5.43. The molecule has 1 aliphatic heterocycles. The molecule has 1 heterocycles. The number of para-hydroxylation sites is 1. The number of nitrogen functional groups attached to an aromatic ring is 1. The van der Waals surface area contributed by atoms with Gasteiger partial charge in [0.1, 0.15) is 11.3 Å². The Hall–Kier alpha value is -2.11. The molecule has 2 rings (SSSR count). The highest BCUT2D eigenvalue weighted by Crippen LogP contribution is 2.29. The van der Waals surface area contributed by atoms with Crippen LogP contribution in [0.1, 0.15) is 30.1 Å². The summed E-state index contributed by atoms with van der Waals surface area (Å²) in [6.07, 6.45) is 1.97. The van der Waals surface area contributed by atoms with Crippen LogP contribution in [-0.2, 0) is 0 Å². The Labute approximate surface area is 111 Å². The maximum atomic E-state index is 12.4. The number of likely N-dealkylation sites (tertiary alicyclic amines) is 1. The van der Waals surface area contributed by atoms with Crippen molar-refractivity contribution in [3.05, 3.63) is 33.9 Å². The minimum atomic E-state index is -0.587. The van der Waals surface area contributed by atoms with Crippen molar-refractivity contribution in [1.82, 2.24) is 4.90 Å². The van der Waals surface area contributed by atoms with Gasteiger partial charge in [-0.1, -0.05) is 19.4 Å². The largest absolute Gasteiger partial charge is 0.393 e. The van der Waals surface area contributed by atoms with E-state index in [-0.39, 0.29) is 22.8 Å². The number of hydrogen-bond donors (Lipinski definition) is 1. The first kappa shape index (κ1) is 13.3. The molecule has 1 atom stereocenters. The molecule has 1 amide bonds. The normalized spacial score (nSPS) is 18.6. The van der Waals surface area contributed by atoms with Crippen molar-refractivity contribution in [1.29, 1.82) is 0 Å². The van der Waals surface area contributed by atoms with Crippen molar-refractivity contribution < 1.29 is 9.72 Å². The smallest absolute Gasteiger partial charge is 0.304 e. The third-order valence-corrected chi connectivity index (χ3v) is 3.63. The topological polar surface area (TPSA) is 89.5 Å². The summed E-state index contributed by atoms with van der Waals surface area (Å²) in [5.74, 6) is 0.194. The van der Waals surface area contributed by atoms with Crippen LogP contribution in [0.5, 0.6) is 0 Å². The van der Waals surface area contributed by atoms with Gasteiger partial charge in [0.15, 0.2) is 0 Å². The quantitative estimate of drug-likeness (QED) is 0.513. The van der Waals surface area contributed by atoms with E-state index in [1.165, 1.54) is 12.1 Å². The molecule has 0 radical (unpaired) electrons. The Morgan fingerprint density at radius 1 is 1.58 bits per heavy atom. The molecule has 1 aliphatic rings. The van der Waals surface area contributed by atoms with Gasteiger partial charge in [0.2, 0.25) is 0 Å². The van der Waals surface area contributed by atoms with E-state index in [2.05, 4.69) is 6.92 Å². The van der Waals surface area contributed by atoms with Crippen molar-refractivity contribution in [3.63, 3.8) is 0 Å². The van der Waals surface area contributed by atoms with Gasteiger partial charge in [0, 0.05) is 13.1 Å². The predicted octanol–water partition coefficient (Wildman–Crippen LogP) is 2.05. The number of carbonyl (C=O) groups excluding carboxylic acids is 1. The van der Waals surface area contributed by atoms with Gasteiger partial charge < -0.3 is 10.6 Å². The second-order valence-corrected chi connectivity index (χ2v) is 4.81. The molecule has 1 aromatic carbocycles. The van der Waals surface area contributed by atoms with Crippen LogP contribution in [0.15, 0.2) is 18.2 Å². The predicted molar refractivity (Wildman–Crippen MR) is 71.8 cm³/mol. The highest BCUT2D eigenvalue weighted by atomic mass is 16.6. The molecular formula is C13H17N3O3. The fourth-order valence-electron chi connectivity index (χ4n) is 2.46. The van der Waals surface area contributed by atoms with Crippen molar-refractivity contribution >= 4 is 17.3 Å². The van der Waals surface area contributed by atoms with Gasteiger partial charge in [0.25, 0.3) is 5.91 Å². The van der Waals surface area contributed by atoms with E-state index in [0.29, 0.717) is 19.0 Å². The SMILES string of the molecule is CCC1CCN(C(=O)c2cccc(N)c2[N+](=O)[O-])C1. The second kappa shape index (κ2) is 5.26. The third-order valence-electron chi connectivity index (χ3n) is 3.63. The van der Waals surface area contributed by atoms with Crippen LogP contribution in [0.3, 0.4) is 0 Å². The molecule has 2 N–H and O–H groups in total. The highest BCUT2D eigenvalue weighted by Gasteiger charge is 2.30. The molecule has 19 heavy (non-hydrogen) atoms. The fourth-order valence-corrected chi connectivity index (χ4v) is 2.46. The van der Waals surface area contributed by atoms with E-state index < -0.39 is 4.92 Å². The van der Waals surface area contributed by atoms with E-state index in [0.717, 1.165) is 12.8 Å². The Morgan fingerprint density at radius 3 is 2.89 bits per heavy atom. The number of nitro benzene ring substituents is 1. The first-order valence-electron chi connectivity index (χ1n) is 6.36. The molecule has 6 heteroatoms. The van der Waals surface area contributed by atoms with Gasteiger partial charge >= 0.3 is 5.69 Å². The number of nitrogens with zero attached hydrogens (tertiary/aromatic N) is 2. The number of benzene rings is 1. The summed E-state index contributed by atoms with van der Waals surface area (Å²) in [6.45, 7) is 3.41. The summed E-state index contributed by atoms with van der Waals surface area (Å²) in [7, 11) is 0. The molecule has 102 valence electrons. The molecule has 0 saturated carbocycles. The molecule has 1 fully saturated rings. The molecule has 1 aromatic rings. The van der Waals surface area contributed by atoms with Crippen molar-refractivity contribution in [2.24, 2.45) is 5.92 Å². The van der Waals surface area contributed by atoms with Gasteiger partial charge in [-0.3, -0.25) is 14.9 Å². The summed E-state index contributed by atoms with van der Waals surface area (Å²) < 4.78 is 0. The molecule has 0 aromatic heterocycles. The van der Waals surface area contributed by atoms with Gasteiger partial charge in [-0.25, -0.2) is 0 Å². The minimum absolute atomic E-state index is 0.0297. The molecule has 1 unspecified atom stereocenters. The lowest BCUT2D eigenvalue weighted by atomic mass is 10.1. The van der Waals surface area contributed by atoms with E-state index in [9.17, 15) is 14.9 Å². The lowest BCUT2D eigenvalue weighted by molar-refractivity contribution is -0.384. The van der Waals surface area contributed by atoms with Crippen LogP contribution in [0, 0.1) is 16.0 Å². The first-order chi connectivity index (χ1) is 9.04. The number of nitro groups is 1. The van der Waals surface area contributed by atoms with Crippen LogP contribution in [0.4, 0.5) is 11.4 Å². The van der Waals surface area contributed by atoms with E-state index in [1.807, 2.05) is 0 Å². The Bertz CT molecular complexity index is 516. The number of amides is 1. The Balaban J connectivity index is 2.30. The van der Waals surface area contributed by atoms with Gasteiger partial charge in [0.05, 0.1) is 4.92 Å². The van der Waals surface area contributed by atoms with Crippen molar-refractivity contribution in [3.8, 4) is 0 Å². The van der Waals surface area contributed by atoms with Crippen LogP contribution < -0.4 is 5.73 Å². The van der Waals surface area contributed by atoms with E-state index >= 15 is 0 Å². The number of anilines is 1. The van der Waals surface area contributed by atoms with Gasteiger partial charge in [-0.2, -0.15) is 0 Å².